The summed E-state index contributed by atoms with van der Waals surface area (Å²) in [5, 5.41) is 2.70. The number of rotatable bonds is 4. The number of ether oxygens (including phenoxy) is 1. The maximum absolute atomic E-state index is 12.4. The van der Waals surface area contributed by atoms with Crippen LogP contribution in [0, 0.1) is 6.92 Å². The summed E-state index contributed by atoms with van der Waals surface area (Å²) in [4.78, 5) is 20.1. The molecule has 1 aliphatic heterocycles. The molecule has 2 amide bonds. The van der Waals surface area contributed by atoms with E-state index in [1.165, 1.54) is 23.9 Å². The Labute approximate surface area is 160 Å². The van der Waals surface area contributed by atoms with Crippen LogP contribution < -0.4 is 15.0 Å². The Morgan fingerprint density at radius 2 is 1.93 bits per heavy atom. The Bertz CT molecular complexity index is 804. The SMILES string of the molecule is Cc1cccc(N2CCN(C(=O)Nc3ccc(OCC(F)(F)F)nc3)CC2)c1. The largest absolute Gasteiger partial charge is 0.468 e. The monoisotopic (exact) mass is 394 g/mol. The van der Waals surface area contributed by atoms with E-state index in [2.05, 4.69) is 32.1 Å². The van der Waals surface area contributed by atoms with Gasteiger partial charge in [-0.05, 0) is 30.7 Å². The molecule has 0 saturated carbocycles. The number of halogens is 3. The average molecular weight is 394 g/mol. The van der Waals surface area contributed by atoms with Crippen LogP contribution in [-0.4, -0.2) is 54.9 Å². The summed E-state index contributed by atoms with van der Waals surface area (Å²) >= 11 is 0. The molecule has 0 atom stereocenters. The van der Waals surface area contributed by atoms with Gasteiger partial charge in [-0.15, -0.1) is 0 Å². The second-order valence-electron chi connectivity index (χ2n) is 6.53. The number of nitrogens with zero attached hydrogens (tertiary/aromatic N) is 3. The van der Waals surface area contributed by atoms with Gasteiger partial charge >= 0.3 is 12.2 Å². The molecule has 1 aromatic carbocycles. The van der Waals surface area contributed by atoms with Crippen molar-refractivity contribution in [2.24, 2.45) is 0 Å². The molecule has 0 bridgehead atoms. The number of piperazine rings is 1. The first-order valence-corrected chi connectivity index (χ1v) is 8.83. The smallest absolute Gasteiger partial charge is 0.422 e. The first-order chi connectivity index (χ1) is 13.3. The van der Waals surface area contributed by atoms with Gasteiger partial charge < -0.3 is 19.9 Å². The topological polar surface area (TPSA) is 57.7 Å². The van der Waals surface area contributed by atoms with Gasteiger partial charge in [0.15, 0.2) is 6.61 Å². The Hall–Kier alpha value is -2.97. The zero-order chi connectivity index (χ0) is 20.1. The number of anilines is 2. The van der Waals surface area contributed by atoms with Crippen molar-refractivity contribution in [1.29, 1.82) is 0 Å². The maximum atomic E-state index is 12.4. The van der Waals surface area contributed by atoms with Crippen LogP contribution in [0.5, 0.6) is 5.88 Å². The van der Waals surface area contributed by atoms with Gasteiger partial charge in [0.05, 0.1) is 11.9 Å². The minimum absolute atomic E-state index is 0.151. The van der Waals surface area contributed by atoms with Crippen LogP contribution in [-0.2, 0) is 0 Å². The van der Waals surface area contributed by atoms with Gasteiger partial charge in [0, 0.05) is 37.9 Å². The Morgan fingerprint density at radius 1 is 1.18 bits per heavy atom. The zero-order valence-electron chi connectivity index (χ0n) is 15.4. The number of carbonyl (C=O) groups excluding carboxylic acids is 1. The maximum Gasteiger partial charge on any atom is 0.422 e. The van der Waals surface area contributed by atoms with Crippen LogP contribution >= 0.6 is 0 Å². The number of hydrogen-bond acceptors (Lipinski definition) is 4. The number of carbonyl (C=O) groups is 1. The zero-order valence-corrected chi connectivity index (χ0v) is 15.4. The molecular formula is C19H21F3N4O2. The van der Waals surface area contributed by atoms with E-state index < -0.39 is 12.8 Å². The van der Waals surface area contributed by atoms with E-state index in [1.807, 2.05) is 19.1 Å². The molecule has 6 nitrogen and oxygen atoms in total. The summed E-state index contributed by atoms with van der Waals surface area (Å²) in [7, 11) is 0. The predicted octanol–water partition coefficient (Wildman–Crippen LogP) is 3.69. The van der Waals surface area contributed by atoms with Gasteiger partial charge in [-0.1, -0.05) is 12.1 Å². The summed E-state index contributed by atoms with van der Waals surface area (Å²) in [5.41, 5.74) is 2.72. The molecule has 1 aliphatic rings. The van der Waals surface area contributed by atoms with Gasteiger partial charge in [-0.25, -0.2) is 9.78 Å². The van der Waals surface area contributed by atoms with Crippen LogP contribution in [0.25, 0.3) is 0 Å². The number of alkyl halides is 3. The summed E-state index contributed by atoms with van der Waals surface area (Å²) in [6.07, 6.45) is -3.15. The van der Waals surface area contributed by atoms with Crippen molar-refractivity contribution in [1.82, 2.24) is 9.88 Å². The number of aryl methyl sites for hydroxylation is 1. The highest BCUT2D eigenvalue weighted by Gasteiger charge is 2.28. The van der Waals surface area contributed by atoms with Crippen molar-refractivity contribution in [2.45, 2.75) is 13.1 Å². The van der Waals surface area contributed by atoms with Crippen molar-refractivity contribution in [3.8, 4) is 5.88 Å². The number of pyridine rings is 1. The molecule has 150 valence electrons. The molecule has 0 spiro atoms. The Morgan fingerprint density at radius 3 is 2.54 bits per heavy atom. The first-order valence-electron chi connectivity index (χ1n) is 8.83. The van der Waals surface area contributed by atoms with Crippen molar-refractivity contribution in [3.63, 3.8) is 0 Å². The number of hydrogen-bond donors (Lipinski definition) is 1. The fraction of sp³-hybridized carbons (Fsp3) is 0.368. The third-order valence-corrected chi connectivity index (χ3v) is 4.31. The molecule has 9 heteroatoms. The second-order valence-corrected chi connectivity index (χ2v) is 6.53. The first kappa shape index (κ1) is 19.8. The van der Waals surface area contributed by atoms with Crippen LogP contribution in [0.4, 0.5) is 29.3 Å². The standard InChI is InChI=1S/C19H21F3N4O2/c1-14-3-2-4-16(11-14)25-7-9-26(10-8-25)18(27)24-15-5-6-17(23-12-15)28-13-19(20,21)22/h2-6,11-12H,7-10,13H2,1H3,(H,24,27). The van der Waals surface area contributed by atoms with Crippen LogP contribution in [0.15, 0.2) is 42.6 Å². The Kier molecular flexibility index (Phi) is 5.91. The molecule has 1 fully saturated rings. The number of benzene rings is 1. The highest BCUT2D eigenvalue weighted by Crippen LogP contribution is 2.20. The fourth-order valence-corrected chi connectivity index (χ4v) is 2.89. The molecular weight excluding hydrogens is 373 g/mol. The van der Waals surface area contributed by atoms with E-state index in [0.717, 1.165) is 18.8 Å². The summed E-state index contributed by atoms with van der Waals surface area (Å²) in [6.45, 7) is 3.22. The molecule has 3 rings (SSSR count). The molecule has 1 saturated heterocycles. The molecule has 28 heavy (non-hydrogen) atoms. The van der Waals surface area contributed by atoms with Gasteiger partial charge in [0.2, 0.25) is 5.88 Å². The molecule has 1 aromatic heterocycles. The summed E-state index contributed by atoms with van der Waals surface area (Å²) in [6, 6.07) is 10.7. The quantitative estimate of drug-likeness (QED) is 0.860. The van der Waals surface area contributed by atoms with E-state index in [1.54, 1.807) is 4.90 Å². The highest BCUT2D eigenvalue weighted by atomic mass is 19.4. The third-order valence-electron chi connectivity index (χ3n) is 4.31. The average Bonchev–Trinajstić information content (AvgIpc) is 2.67. The van der Waals surface area contributed by atoms with Crippen molar-refractivity contribution in [3.05, 3.63) is 48.2 Å². The number of urea groups is 1. The lowest BCUT2D eigenvalue weighted by Gasteiger charge is -2.36. The van der Waals surface area contributed by atoms with Crippen LogP contribution in [0.1, 0.15) is 5.56 Å². The van der Waals surface area contributed by atoms with E-state index >= 15 is 0 Å². The van der Waals surface area contributed by atoms with E-state index in [-0.39, 0.29) is 11.9 Å². The second kappa shape index (κ2) is 8.37. The fourth-order valence-electron chi connectivity index (χ4n) is 2.89. The predicted molar refractivity (Wildman–Crippen MR) is 99.8 cm³/mol. The normalized spacial score (nSPS) is 14.7. The molecule has 2 heterocycles. The Balaban J connectivity index is 1.49. The number of aromatic nitrogens is 1. The molecule has 1 N–H and O–H groups in total. The van der Waals surface area contributed by atoms with Gasteiger partial charge in [0.25, 0.3) is 0 Å². The van der Waals surface area contributed by atoms with E-state index in [9.17, 15) is 18.0 Å². The van der Waals surface area contributed by atoms with E-state index in [0.29, 0.717) is 18.8 Å². The molecule has 2 aromatic rings. The number of nitrogens with one attached hydrogen (secondary N) is 1. The lowest BCUT2D eigenvalue weighted by molar-refractivity contribution is -0.154. The molecule has 0 unspecified atom stereocenters. The van der Waals surface area contributed by atoms with Crippen LogP contribution in [0.2, 0.25) is 0 Å². The summed E-state index contributed by atoms with van der Waals surface area (Å²) in [5.74, 6) is -0.151. The van der Waals surface area contributed by atoms with E-state index in [4.69, 9.17) is 0 Å². The molecule has 0 aliphatic carbocycles. The van der Waals surface area contributed by atoms with Crippen molar-refractivity contribution in [2.75, 3.05) is 43.0 Å². The lowest BCUT2D eigenvalue weighted by Crippen LogP contribution is -2.50. The van der Waals surface area contributed by atoms with Gasteiger partial charge in [-0.3, -0.25) is 0 Å². The number of amides is 2. The third kappa shape index (κ3) is 5.51. The molecule has 0 radical (unpaired) electrons. The lowest BCUT2D eigenvalue weighted by atomic mass is 10.2. The van der Waals surface area contributed by atoms with Crippen LogP contribution in [0.3, 0.4) is 0 Å². The van der Waals surface area contributed by atoms with Crippen molar-refractivity contribution < 1.29 is 22.7 Å². The summed E-state index contributed by atoms with van der Waals surface area (Å²) < 4.78 is 41.0. The van der Waals surface area contributed by atoms with Crippen molar-refractivity contribution >= 4 is 17.4 Å². The highest BCUT2D eigenvalue weighted by molar-refractivity contribution is 5.89. The van der Waals surface area contributed by atoms with Gasteiger partial charge in [-0.2, -0.15) is 13.2 Å². The minimum atomic E-state index is -4.42. The minimum Gasteiger partial charge on any atom is -0.468 e. The van der Waals surface area contributed by atoms with Gasteiger partial charge in [0.1, 0.15) is 0 Å².